The zero-order valence-corrected chi connectivity index (χ0v) is 27.0. The van der Waals surface area contributed by atoms with E-state index in [1.165, 1.54) is 12.0 Å². The second-order valence-corrected chi connectivity index (χ2v) is 12.6. The standard InChI is InChI=1S/C35H47N3O8/c1-4-6-12-19-37-20-13-8-11-16-27(40)36-25(22-44-3)30(23-14-9-7-10-15-23)45-34(43)28-26-17-18-35(46-26)29(28)32(41)38(24(5-2)21-39)31(35)33(37)42/h7-10,13-15,17-18,24-26,28-31,39H,4-6,11-12,16,19-22H2,1-3H3,(H,36,40)/b13-8-/t24-,25-,26+,28-,29-,30-,31+,35-/m0/s1. The minimum atomic E-state index is -1.38. The van der Waals surface area contributed by atoms with E-state index in [1.807, 2.05) is 49.4 Å². The minimum absolute atomic E-state index is 0.0803. The van der Waals surface area contributed by atoms with Crippen molar-refractivity contribution in [2.45, 2.75) is 88.3 Å². The number of amides is 3. The highest BCUT2D eigenvalue weighted by molar-refractivity contribution is 5.99. The van der Waals surface area contributed by atoms with Gasteiger partial charge in [-0.3, -0.25) is 19.2 Å². The Morgan fingerprint density at radius 3 is 2.57 bits per heavy atom. The highest BCUT2D eigenvalue weighted by atomic mass is 16.6. The smallest absolute Gasteiger partial charge is 0.313 e. The Hall–Kier alpha value is -3.54. The molecule has 0 saturated carbocycles. The van der Waals surface area contributed by atoms with Gasteiger partial charge in [0, 0.05) is 26.6 Å². The molecule has 4 heterocycles. The van der Waals surface area contributed by atoms with Gasteiger partial charge in [0.15, 0.2) is 0 Å². The van der Waals surface area contributed by atoms with E-state index in [4.69, 9.17) is 14.2 Å². The SMILES string of the molecule is CCCCCN1C/C=C\CCC(=O)N[C@@H](COC)[C@H](c2ccccc2)OC(=O)[C@@H]2[C@H]3C(=O)N([C@@H](CC)CO)[C@H](C1=O)[C@]31C=C[C@H]2O1. The number of likely N-dealkylation sites (tertiary alicyclic amines) is 1. The second kappa shape index (κ2) is 14.9. The molecule has 0 radical (unpaired) electrons. The summed E-state index contributed by atoms with van der Waals surface area (Å²) in [5.41, 5.74) is -0.722. The maximum absolute atomic E-state index is 14.6. The van der Waals surface area contributed by atoms with Crippen LogP contribution in [0.25, 0.3) is 0 Å². The van der Waals surface area contributed by atoms with Crippen molar-refractivity contribution < 1.29 is 38.5 Å². The van der Waals surface area contributed by atoms with Crippen molar-refractivity contribution in [2.75, 3.05) is 33.4 Å². The summed E-state index contributed by atoms with van der Waals surface area (Å²) in [4.78, 5) is 59.6. The predicted octanol–water partition coefficient (Wildman–Crippen LogP) is 2.69. The maximum Gasteiger partial charge on any atom is 0.313 e. The van der Waals surface area contributed by atoms with Crippen LogP contribution in [0.1, 0.15) is 64.0 Å². The number of nitrogens with one attached hydrogen (secondary N) is 1. The average molecular weight is 638 g/mol. The van der Waals surface area contributed by atoms with Gasteiger partial charge < -0.3 is 34.4 Å². The number of methoxy groups -OCH3 is 1. The third-order valence-electron chi connectivity index (χ3n) is 9.70. The molecule has 2 N–H and O–H groups in total. The summed E-state index contributed by atoms with van der Waals surface area (Å²) in [7, 11) is 1.51. The van der Waals surface area contributed by atoms with E-state index in [1.54, 1.807) is 17.1 Å². The normalized spacial score (nSPS) is 32.8. The van der Waals surface area contributed by atoms with E-state index < -0.39 is 59.6 Å². The number of fused-ring (bicyclic) bond motifs is 2. The van der Waals surface area contributed by atoms with Gasteiger partial charge in [0.2, 0.25) is 17.7 Å². The van der Waals surface area contributed by atoms with Gasteiger partial charge in [0.25, 0.3) is 0 Å². The van der Waals surface area contributed by atoms with Crippen molar-refractivity contribution in [1.29, 1.82) is 0 Å². The molecule has 2 saturated heterocycles. The molecule has 0 aromatic heterocycles. The lowest BCUT2D eigenvalue weighted by Gasteiger charge is -2.38. The van der Waals surface area contributed by atoms with E-state index in [0.717, 1.165) is 19.3 Å². The lowest BCUT2D eigenvalue weighted by molar-refractivity contribution is -0.163. The summed E-state index contributed by atoms with van der Waals surface area (Å²) in [5.74, 6) is -3.62. The van der Waals surface area contributed by atoms with Crippen molar-refractivity contribution >= 4 is 23.7 Å². The van der Waals surface area contributed by atoms with Gasteiger partial charge >= 0.3 is 5.97 Å². The summed E-state index contributed by atoms with van der Waals surface area (Å²) < 4.78 is 18.2. The molecule has 11 nitrogen and oxygen atoms in total. The Balaban J connectivity index is 1.59. The Kier molecular flexibility index (Phi) is 11.0. The largest absolute Gasteiger partial charge is 0.455 e. The van der Waals surface area contributed by atoms with E-state index in [2.05, 4.69) is 12.2 Å². The van der Waals surface area contributed by atoms with Crippen LogP contribution < -0.4 is 5.32 Å². The molecule has 250 valence electrons. The molecule has 1 aromatic rings. The van der Waals surface area contributed by atoms with Gasteiger partial charge in [-0.2, -0.15) is 0 Å². The number of rotatable bonds is 10. The van der Waals surface area contributed by atoms with Crippen LogP contribution in [0.3, 0.4) is 0 Å². The van der Waals surface area contributed by atoms with E-state index in [0.29, 0.717) is 31.5 Å². The molecule has 5 bridgehead atoms. The fraction of sp³-hybridized carbons (Fsp3) is 0.600. The van der Waals surface area contributed by atoms with Gasteiger partial charge in [-0.05, 0) is 24.8 Å². The van der Waals surface area contributed by atoms with Crippen LogP contribution in [-0.4, -0.2) is 102 Å². The van der Waals surface area contributed by atoms with Crippen LogP contribution >= 0.6 is 0 Å². The van der Waals surface area contributed by atoms with Crippen LogP contribution in [0.5, 0.6) is 0 Å². The third-order valence-corrected chi connectivity index (χ3v) is 9.70. The summed E-state index contributed by atoms with van der Waals surface area (Å²) in [6.45, 7) is 4.46. The van der Waals surface area contributed by atoms with E-state index >= 15 is 0 Å². The fourth-order valence-corrected chi connectivity index (χ4v) is 7.41. The second-order valence-electron chi connectivity index (χ2n) is 12.6. The van der Waals surface area contributed by atoms with Gasteiger partial charge in [-0.15, -0.1) is 0 Å². The third kappa shape index (κ3) is 6.37. The molecule has 1 aromatic carbocycles. The molecule has 8 atom stereocenters. The van der Waals surface area contributed by atoms with Crippen LogP contribution in [0, 0.1) is 11.8 Å². The summed E-state index contributed by atoms with van der Waals surface area (Å²) >= 11 is 0. The van der Waals surface area contributed by atoms with Gasteiger partial charge in [-0.25, -0.2) is 0 Å². The molecule has 0 unspecified atom stereocenters. The number of hydrogen-bond acceptors (Lipinski definition) is 8. The first-order valence-corrected chi connectivity index (χ1v) is 16.6. The van der Waals surface area contributed by atoms with E-state index in [-0.39, 0.29) is 31.4 Å². The summed E-state index contributed by atoms with van der Waals surface area (Å²) in [5, 5.41) is 13.4. The van der Waals surface area contributed by atoms with Crippen LogP contribution in [0.15, 0.2) is 54.6 Å². The van der Waals surface area contributed by atoms with Crippen molar-refractivity contribution in [2.24, 2.45) is 11.8 Å². The molecular weight excluding hydrogens is 590 g/mol. The molecule has 4 aliphatic rings. The monoisotopic (exact) mass is 637 g/mol. The molecule has 0 aliphatic carbocycles. The van der Waals surface area contributed by atoms with Crippen LogP contribution in [-0.2, 0) is 33.4 Å². The van der Waals surface area contributed by atoms with Crippen molar-refractivity contribution in [3.63, 3.8) is 0 Å². The number of unbranched alkanes of at least 4 members (excludes halogenated alkanes) is 2. The number of ether oxygens (including phenoxy) is 3. The topological polar surface area (TPSA) is 135 Å². The zero-order valence-electron chi connectivity index (χ0n) is 27.0. The Labute approximate surface area is 270 Å². The number of cyclic esters (lactones) is 1. The molecule has 3 amide bonds. The van der Waals surface area contributed by atoms with Gasteiger partial charge in [0.1, 0.15) is 23.7 Å². The number of benzene rings is 1. The number of allylic oxidation sites excluding steroid dienone is 1. The quantitative estimate of drug-likeness (QED) is 0.227. The first-order valence-electron chi connectivity index (χ1n) is 16.6. The molecule has 4 aliphatic heterocycles. The van der Waals surface area contributed by atoms with Crippen molar-refractivity contribution in [3.8, 4) is 0 Å². The highest BCUT2D eigenvalue weighted by Crippen LogP contribution is 2.56. The summed E-state index contributed by atoms with van der Waals surface area (Å²) in [6, 6.07) is 6.72. The Morgan fingerprint density at radius 2 is 1.87 bits per heavy atom. The first kappa shape index (κ1) is 33.8. The molecule has 5 rings (SSSR count). The number of aliphatic hydroxyl groups excluding tert-OH is 1. The maximum atomic E-state index is 14.6. The highest BCUT2D eigenvalue weighted by Gasteiger charge is 2.74. The molecule has 1 spiro atoms. The average Bonchev–Trinajstić information content (AvgIpc) is 3.70. The number of nitrogens with zero attached hydrogens (tertiary/aromatic N) is 2. The lowest BCUT2D eigenvalue weighted by Crippen LogP contribution is -2.58. The van der Waals surface area contributed by atoms with E-state index in [9.17, 15) is 24.3 Å². The Morgan fingerprint density at radius 1 is 1.09 bits per heavy atom. The number of aliphatic hydroxyl groups is 1. The minimum Gasteiger partial charge on any atom is -0.455 e. The number of hydrogen-bond donors (Lipinski definition) is 2. The zero-order chi connectivity index (χ0) is 32.8. The number of carbonyl (C=O) groups excluding carboxylic acids is 4. The summed E-state index contributed by atoms with van der Waals surface area (Å²) in [6.07, 6.45) is 9.34. The predicted molar refractivity (Wildman–Crippen MR) is 169 cm³/mol. The Bertz CT molecular complexity index is 1310. The van der Waals surface area contributed by atoms with Crippen LogP contribution in [0.2, 0.25) is 0 Å². The molecule has 11 heteroatoms. The molecule has 2 fully saturated rings. The molecule has 46 heavy (non-hydrogen) atoms. The van der Waals surface area contributed by atoms with Crippen molar-refractivity contribution in [3.05, 3.63) is 60.2 Å². The van der Waals surface area contributed by atoms with Crippen LogP contribution in [0.4, 0.5) is 0 Å². The lowest BCUT2D eigenvalue weighted by atomic mass is 9.74. The molecular formula is C35H47N3O8. The van der Waals surface area contributed by atoms with Crippen molar-refractivity contribution in [1.82, 2.24) is 15.1 Å². The first-order chi connectivity index (χ1) is 22.3. The van der Waals surface area contributed by atoms with Gasteiger partial charge in [0.05, 0.1) is 37.3 Å². The number of carbonyl (C=O) groups is 4. The number of esters is 1. The van der Waals surface area contributed by atoms with Gasteiger partial charge in [-0.1, -0.05) is 81.3 Å². The fourth-order valence-electron chi connectivity index (χ4n) is 7.41.